The van der Waals surface area contributed by atoms with Crippen LogP contribution in [0.5, 0.6) is 0 Å². The number of nitrogens with zero attached hydrogens (tertiary/aromatic N) is 1. The lowest BCUT2D eigenvalue weighted by Crippen LogP contribution is -2.47. The van der Waals surface area contributed by atoms with Crippen molar-refractivity contribution in [1.29, 1.82) is 5.26 Å². The van der Waals surface area contributed by atoms with Crippen LogP contribution in [0.2, 0.25) is 0 Å². The molecule has 4 heteroatoms. The maximum atomic E-state index is 11.1. The zero-order valence-corrected chi connectivity index (χ0v) is 7.68. The first kappa shape index (κ1) is 10.9. The Morgan fingerprint density at radius 3 is 2.67 bits per heavy atom. The van der Waals surface area contributed by atoms with Crippen LogP contribution >= 0.6 is 0 Å². The van der Waals surface area contributed by atoms with Gasteiger partial charge in [0, 0.05) is 13.0 Å². The van der Waals surface area contributed by atoms with Gasteiger partial charge in [0.25, 0.3) is 0 Å². The van der Waals surface area contributed by atoms with E-state index >= 15 is 0 Å². The second kappa shape index (κ2) is 4.73. The van der Waals surface area contributed by atoms with Gasteiger partial charge in [-0.3, -0.25) is 4.79 Å². The van der Waals surface area contributed by atoms with E-state index in [0.29, 0.717) is 13.0 Å². The molecule has 0 heterocycles. The van der Waals surface area contributed by atoms with Crippen LogP contribution in [0.3, 0.4) is 0 Å². The molecule has 0 saturated carbocycles. The molecule has 0 aliphatic heterocycles. The number of hydrogen-bond acceptors (Lipinski definition) is 4. The van der Waals surface area contributed by atoms with E-state index in [-0.39, 0.29) is 5.97 Å². The van der Waals surface area contributed by atoms with E-state index in [2.05, 4.69) is 10.1 Å². The van der Waals surface area contributed by atoms with Crippen molar-refractivity contribution >= 4 is 5.97 Å². The smallest absolute Gasteiger partial charge is 0.325 e. The van der Waals surface area contributed by atoms with Gasteiger partial charge in [0.05, 0.1) is 13.2 Å². The van der Waals surface area contributed by atoms with E-state index in [1.165, 1.54) is 7.11 Å². The molecule has 0 aliphatic carbocycles. The van der Waals surface area contributed by atoms with E-state index in [0.717, 1.165) is 0 Å². The van der Waals surface area contributed by atoms with Crippen molar-refractivity contribution in [2.45, 2.75) is 25.8 Å². The summed E-state index contributed by atoms with van der Waals surface area (Å²) >= 11 is 0. The van der Waals surface area contributed by atoms with Crippen LogP contribution in [-0.2, 0) is 9.53 Å². The van der Waals surface area contributed by atoms with Gasteiger partial charge in [0.15, 0.2) is 0 Å². The molecule has 0 radical (unpaired) electrons. The minimum Gasteiger partial charge on any atom is -0.468 e. The van der Waals surface area contributed by atoms with E-state index in [4.69, 9.17) is 5.26 Å². The number of nitriles is 1. The lowest BCUT2D eigenvalue weighted by atomic mass is 10.1. The highest BCUT2D eigenvalue weighted by atomic mass is 16.5. The number of carbonyl (C=O) groups excluding carboxylic acids is 1. The minimum absolute atomic E-state index is 0.319. The number of nitrogens with one attached hydrogen (secondary N) is 1. The second-order valence-corrected chi connectivity index (χ2v) is 2.95. The Bertz CT molecular complexity index is 194. The molecule has 12 heavy (non-hydrogen) atoms. The molecule has 0 spiro atoms. The highest BCUT2D eigenvalue weighted by Gasteiger charge is 2.27. The SMILES string of the molecule is COC(=O)C(C)(C)NCCC#N. The number of methoxy groups -OCH3 is 1. The number of carbonyl (C=O) groups is 1. The lowest BCUT2D eigenvalue weighted by molar-refractivity contribution is -0.147. The summed E-state index contributed by atoms with van der Waals surface area (Å²) in [6.07, 6.45) is 0.389. The Hall–Kier alpha value is -1.08. The fourth-order valence-electron chi connectivity index (χ4n) is 0.758. The summed E-state index contributed by atoms with van der Waals surface area (Å²) in [5.74, 6) is -0.319. The second-order valence-electron chi connectivity index (χ2n) is 2.95. The van der Waals surface area contributed by atoms with Crippen LogP contribution in [0.15, 0.2) is 0 Å². The molecular weight excluding hydrogens is 156 g/mol. The summed E-state index contributed by atoms with van der Waals surface area (Å²) < 4.78 is 4.56. The van der Waals surface area contributed by atoms with Crippen molar-refractivity contribution in [1.82, 2.24) is 5.32 Å². The van der Waals surface area contributed by atoms with Gasteiger partial charge in [-0.05, 0) is 13.8 Å². The van der Waals surface area contributed by atoms with E-state index in [1.54, 1.807) is 13.8 Å². The third kappa shape index (κ3) is 3.35. The standard InChI is InChI=1S/C8H14N2O2/c1-8(2,7(11)12-3)10-6-4-5-9/h10H,4,6H2,1-3H3. The molecule has 1 N–H and O–H groups in total. The van der Waals surface area contributed by atoms with Crippen molar-refractivity contribution in [3.63, 3.8) is 0 Å². The van der Waals surface area contributed by atoms with Crippen LogP contribution in [-0.4, -0.2) is 25.2 Å². The van der Waals surface area contributed by atoms with E-state index in [9.17, 15) is 4.79 Å². The number of esters is 1. The van der Waals surface area contributed by atoms with E-state index < -0.39 is 5.54 Å². The van der Waals surface area contributed by atoms with Gasteiger partial charge in [-0.25, -0.2) is 0 Å². The monoisotopic (exact) mass is 170 g/mol. The van der Waals surface area contributed by atoms with Crippen LogP contribution in [0.1, 0.15) is 20.3 Å². The van der Waals surface area contributed by atoms with Crippen molar-refractivity contribution in [3.05, 3.63) is 0 Å². The van der Waals surface area contributed by atoms with Gasteiger partial charge < -0.3 is 10.1 Å². The number of ether oxygens (including phenoxy) is 1. The van der Waals surface area contributed by atoms with Gasteiger partial charge >= 0.3 is 5.97 Å². The quantitative estimate of drug-likeness (QED) is 0.491. The first-order valence-electron chi connectivity index (χ1n) is 3.75. The summed E-state index contributed by atoms with van der Waals surface area (Å²) in [4.78, 5) is 11.1. The van der Waals surface area contributed by atoms with Crippen molar-refractivity contribution in [2.75, 3.05) is 13.7 Å². The predicted octanol–water partition coefficient (Wildman–Crippen LogP) is 0.441. The Balaban J connectivity index is 3.88. The maximum Gasteiger partial charge on any atom is 0.325 e. The molecular formula is C8H14N2O2. The predicted molar refractivity (Wildman–Crippen MR) is 44.3 cm³/mol. The van der Waals surface area contributed by atoms with Crippen molar-refractivity contribution in [2.24, 2.45) is 0 Å². The minimum atomic E-state index is -0.703. The fraction of sp³-hybridized carbons (Fsp3) is 0.750. The Morgan fingerprint density at radius 1 is 1.67 bits per heavy atom. The molecule has 68 valence electrons. The first-order valence-corrected chi connectivity index (χ1v) is 3.75. The molecule has 0 atom stereocenters. The Kier molecular flexibility index (Phi) is 4.30. The molecule has 0 aliphatic rings. The molecule has 0 amide bonds. The van der Waals surface area contributed by atoms with E-state index in [1.807, 2.05) is 6.07 Å². The van der Waals surface area contributed by atoms with Crippen LogP contribution in [0.4, 0.5) is 0 Å². The summed E-state index contributed by atoms with van der Waals surface area (Å²) in [7, 11) is 1.34. The van der Waals surface area contributed by atoms with Gasteiger partial charge in [-0.15, -0.1) is 0 Å². The molecule has 0 fully saturated rings. The summed E-state index contributed by atoms with van der Waals surface area (Å²) in [6, 6.07) is 1.98. The van der Waals surface area contributed by atoms with Crippen LogP contribution in [0.25, 0.3) is 0 Å². The zero-order chi connectivity index (χ0) is 9.61. The molecule has 0 aromatic heterocycles. The first-order chi connectivity index (χ1) is 5.54. The zero-order valence-electron chi connectivity index (χ0n) is 7.68. The molecule has 0 rings (SSSR count). The summed E-state index contributed by atoms with van der Waals surface area (Å²) in [6.45, 7) is 3.94. The average Bonchev–Trinajstić information content (AvgIpc) is 2.03. The van der Waals surface area contributed by atoms with Crippen molar-refractivity contribution in [3.8, 4) is 6.07 Å². The lowest BCUT2D eigenvalue weighted by Gasteiger charge is -2.22. The third-order valence-electron chi connectivity index (χ3n) is 1.50. The third-order valence-corrected chi connectivity index (χ3v) is 1.50. The topological polar surface area (TPSA) is 62.1 Å². The maximum absolute atomic E-state index is 11.1. The molecule has 0 aromatic carbocycles. The summed E-state index contributed by atoms with van der Waals surface area (Å²) in [5.41, 5.74) is -0.703. The molecule has 0 aromatic rings. The van der Waals surface area contributed by atoms with Gasteiger partial charge in [0.2, 0.25) is 0 Å². The largest absolute Gasteiger partial charge is 0.468 e. The van der Waals surface area contributed by atoms with Gasteiger partial charge in [-0.1, -0.05) is 0 Å². The highest BCUT2D eigenvalue weighted by molar-refractivity contribution is 5.79. The number of hydrogen-bond donors (Lipinski definition) is 1. The Morgan fingerprint density at radius 2 is 2.25 bits per heavy atom. The normalized spacial score (nSPS) is 10.5. The average molecular weight is 170 g/mol. The van der Waals surface area contributed by atoms with Crippen LogP contribution in [0, 0.1) is 11.3 Å². The Labute approximate surface area is 72.5 Å². The summed E-state index contributed by atoms with van der Waals surface area (Å²) in [5, 5.41) is 11.2. The molecule has 0 saturated heterocycles. The highest BCUT2D eigenvalue weighted by Crippen LogP contribution is 2.03. The van der Waals surface area contributed by atoms with Gasteiger partial charge in [-0.2, -0.15) is 5.26 Å². The molecule has 4 nitrogen and oxygen atoms in total. The van der Waals surface area contributed by atoms with Crippen molar-refractivity contribution < 1.29 is 9.53 Å². The number of rotatable bonds is 4. The fourth-order valence-corrected chi connectivity index (χ4v) is 0.758. The molecule has 0 unspecified atom stereocenters. The van der Waals surface area contributed by atoms with Gasteiger partial charge in [0.1, 0.15) is 5.54 Å². The molecule has 0 bridgehead atoms. The van der Waals surface area contributed by atoms with Crippen LogP contribution < -0.4 is 5.32 Å².